The molecule has 2 aromatic rings. The molecule has 0 heterocycles. The maximum Gasteiger partial charge on any atom is 0.280 e. The van der Waals surface area contributed by atoms with Gasteiger partial charge in [0.2, 0.25) is 5.78 Å². The van der Waals surface area contributed by atoms with E-state index in [4.69, 9.17) is 17.3 Å². The molecule has 0 aromatic heterocycles. The van der Waals surface area contributed by atoms with Crippen LogP contribution < -0.4 is 5.73 Å². The summed E-state index contributed by atoms with van der Waals surface area (Å²) in [5, 5.41) is 11.2. The lowest BCUT2D eigenvalue weighted by Crippen LogP contribution is -2.08. The fourth-order valence-electron chi connectivity index (χ4n) is 1.70. The van der Waals surface area contributed by atoms with Crippen LogP contribution in [0.5, 0.6) is 0 Å². The first kappa shape index (κ1) is 13.0. The number of para-hydroxylation sites is 1. The number of carbonyl (C=O) groups is 1. The molecule has 0 atom stereocenters. The SMILES string of the molecule is Nc1ccc(Cl)cc1C(=O)c1ccccc1[N+](=O)[O-]. The summed E-state index contributed by atoms with van der Waals surface area (Å²) >= 11 is 5.81. The third-order valence-electron chi connectivity index (χ3n) is 2.61. The maximum atomic E-state index is 12.3. The molecule has 0 aliphatic heterocycles. The summed E-state index contributed by atoms with van der Waals surface area (Å²) in [4.78, 5) is 22.6. The molecule has 0 bridgehead atoms. The molecule has 19 heavy (non-hydrogen) atoms. The average molecular weight is 277 g/mol. The van der Waals surface area contributed by atoms with E-state index in [1.165, 1.54) is 30.3 Å². The molecule has 6 heteroatoms. The van der Waals surface area contributed by atoms with E-state index in [2.05, 4.69) is 0 Å². The van der Waals surface area contributed by atoms with Gasteiger partial charge in [-0.3, -0.25) is 14.9 Å². The van der Waals surface area contributed by atoms with Gasteiger partial charge in [-0.05, 0) is 24.3 Å². The number of nitrogen functional groups attached to an aromatic ring is 1. The Labute approximate surface area is 113 Å². The quantitative estimate of drug-likeness (QED) is 0.404. The number of ketones is 1. The summed E-state index contributed by atoms with van der Waals surface area (Å²) in [6.07, 6.45) is 0. The number of carbonyl (C=O) groups excluding carboxylic acids is 1. The van der Waals surface area contributed by atoms with Gasteiger partial charge in [0.25, 0.3) is 5.69 Å². The number of hydrogen-bond donors (Lipinski definition) is 1. The van der Waals surface area contributed by atoms with Crippen molar-refractivity contribution in [3.05, 3.63) is 68.7 Å². The normalized spacial score (nSPS) is 10.2. The van der Waals surface area contributed by atoms with Gasteiger partial charge in [0.15, 0.2) is 0 Å². The molecule has 0 aliphatic carbocycles. The molecule has 0 saturated carbocycles. The van der Waals surface area contributed by atoms with Crippen LogP contribution in [0.25, 0.3) is 0 Å². The molecule has 0 saturated heterocycles. The summed E-state index contributed by atoms with van der Waals surface area (Å²) in [6, 6.07) is 10.2. The van der Waals surface area contributed by atoms with Crippen molar-refractivity contribution in [3.8, 4) is 0 Å². The van der Waals surface area contributed by atoms with Gasteiger partial charge >= 0.3 is 0 Å². The number of nitrogens with two attached hydrogens (primary N) is 1. The highest BCUT2D eigenvalue weighted by atomic mass is 35.5. The Hall–Kier alpha value is -2.40. The number of rotatable bonds is 3. The number of anilines is 1. The Morgan fingerprint density at radius 1 is 1.16 bits per heavy atom. The number of nitrogens with zero attached hydrogens (tertiary/aromatic N) is 1. The van der Waals surface area contributed by atoms with Crippen molar-refractivity contribution in [3.63, 3.8) is 0 Å². The molecular formula is C13H9ClN2O3. The zero-order valence-corrected chi connectivity index (χ0v) is 10.4. The minimum Gasteiger partial charge on any atom is -0.398 e. The lowest BCUT2D eigenvalue weighted by atomic mass is 10.0. The van der Waals surface area contributed by atoms with Gasteiger partial charge in [0.05, 0.1) is 4.92 Å². The van der Waals surface area contributed by atoms with E-state index < -0.39 is 10.7 Å². The second-order valence-corrected chi connectivity index (χ2v) is 4.27. The van der Waals surface area contributed by atoms with Crippen molar-refractivity contribution in [2.24, 2.45) is 0 Å². The third kappa shape index (κ3) is 2.56. The van der Waals surface area contributed by atoms with E-state index in [1.54, 1.807) is 12.1 Å². The highest BCUT2D eigenvalue weighted by Crippen LogP contribution is 2.25. The first-order valence-electron chi connectivity index (χ1n) is 5.34. The van der Waals surface area contributed by atoms with E-state index in [1.807, 2.05) is 0 Å². The van der Waals surface area contributed by atoms with Crippen molar-refractivity contribution in [1.82, 2.24) is 0 Å². The average Bonchev–Trinajstić information content (AvgIpc) is 2.40. The minimum atomic E-state index is -0.603. The van der Waals surface area contributed by atoms with E-state index in [9.17, 15) is 14.9 Å². The van der Waals surface area contributed by atoms with Crippen LogP contribution in [0.2, 0.25) is 5.02 Å². The van der Waals surface area contributed by atoms with Crippen LogP contribution in [0.4, 0.5) is 11.4 Å². The number of nitro benzene ring substituents is 1. The van der Waals surface area contributed by atoms with Crippen molar-refractivity contribution in [1.29, 1.82) is 0 Å². The second kappa shape index (κ2) is 5.07. The lowest BCUT2D eigenvalue weighted by molar-refractivity contribution is -0.385. The van der Waals surface area contributed by atoms with Gasteiger partial charge in [-0.25, -0.2) is 0 Å². The van der Waals surface area contributed by atoms with Crippen molar-refractivity contribution < 1.29 is 9.72 Å². The summed E-state index contributed by atoms with van der Waals surface area (Å²) in [6.45, 7) is 0. The summed E-state index contributed by atoms with van der Waals surface area (Å²) in [5.41, 5.74) is 5.82. The molecular weight excluding hydrogens is 268 g/mol. The summed E-state index contributed by atoms with van der Waals surface area (Å²) < 4.78 is 0. The number of hydrogen-bond acceptors (Lipinski definition) is 4. The van der Waals surface area contributed by atoms with Crippen LogP contribution in [0, 0.1) is 10.1 Å². The number of halogens is 1. The van der Waals surface area contributed by atoms with Crippen LogP contribution in [-0.2, 0) is 0 Å². The molecule has 0 amide bonds. The lowest BCUT2D eigenvalue weighted by Gasteiger charge is -2.06. The topological polar surface area (TPSA) is 86.2 Å². The molecule has 2 N–H and O–H groups in total. The Bertz CT molecular complexity index is 671. The van der Waals surface area contributed by atoms with Crippen LogP contribution in [0.3, 0.4) is 0 Å². The van der Waals surface area contributed by atoms with Gasteiger partial charge in [-0.15, -0.1) is 0 Å². The van der Waals surface area contributed by atoms with Crippen molar-refractivity contribution in [2.45, 2.75) is 0 Å². The Kier molecular flexibility index (Phi) is 3.48. The predicted octanol–water partition coefficient (Wildman–Crippen LogP) is 3.06. The highest BCUT2D eigenvalue weighted by Gasteiger charge is 2.22. The predicted molar refractivity (Wildman–Crippen MR) is 72.4 cm³/mol. The van der Waals surface area contributed by atoms with Crippen LogP contribution in [-0.4, -0.2) is 10.7 Å². The third-order valence-corrected chi connectivity index (χ3v) is 2.84. The molecule has 96 valence electrons. The van der Waals surface area contributed by atoms with Crippen LogP contribution >= 0.6 is 11.6 Å². The van der Waals surface area contributed by atoms with Gasteiger partial charge in [-0.1, -0.05) is 23.7 Å². The molecule has 2 aromatic carbocycles. The Balaban J connectivity index is 2.56. The first-order chi connectivity index (χ1) is 9.00. The monoisotopic (exact) mass is 276 g/mol. The van der Waals surface area contributed by atoms with Crippen LogP contribution in [0.1, 0.15) is 15.9 Å². The van der Waals surface area contributed by atoms with Gasteiger partial charge in [0, 0.05) is 22.3 Å². The zero-order chi connectivity index (χ0) is 14.0. The molecule has 0 aliphatic rings. The fourth-order valence-corrected chi connectivity index (χ4v) is 1.87. The second-order valence-electron chi connectivity index (χ2n) is 3.83. The van der Waals surface area contributed by atoms with E-state index in [-0.39, 0.29) is 22.5 Å². The maximum absolute atomic E-state index is 12.3. The van der Waals surface area contributed by atoms with E-state index in [0.717, 1.165) is 0 Å². The van der Waals surface area contributed by atoms with Gasteiger partial charge < -0.3 is 5.73 Å². The van der Waals surface area contributed by atoms with Crippen molar-refractivity contribution in [2.75, 3.05) is 5.73 Å². The first-order valence-corrected chi connectivity index (χ1v) is 5.71. The Morgan fingerprint density at radius 3 is 2.53 bits per heavy atom. The molecule has 2 rings (SSSR count). The van der Waals surface area contributed by atoms with Crippen LogP contribution in [0.15, 0.2) is 42.5 Å². The largest absolute Gasteiger partial charge is 0.398 e. The summed E-state index contributed by atoms with van der Waals surface area (Å²) in [5.74, 6) is -0.521. The Morgan fingerprint density at radius 2 is 1.84 bits per heavy atom. The molecule has 0 spiro atoms. The number of nitro groups is 1. The molecule has 0 radical (unpaired) electrons. The zero-order valence-electron chi connectivity index (χ0n) is 9.67. The van der Waals surface area contributed by atoms with E-state index >= 15 is 0 Å². The van der Waals surface area contributed by atoms with Crippen molar-refractivity contribution >= 4 is 28.8 Å². The summed E-state index contributed by atoms with van der Waals surface area (Å²) in [7, 11) is 0. The highest BCUT2D eigenvalue weighted by molar-refractivity contribution is 6.31. The standard InChI is InChI=1S/C13H9ClN2O3/c14-8-5-6-11(15)10(7-8)13(17)9-3-1-2-4-12(9)16(18)19/h1-7H,15H2. The van der Waals surface area contributed by atoms with E-state index in [0.29, 0.717) is 5.02 Å². The fraction of sp³-hybridized carbons (Fsp3) is 0. The molecule has 5 nitrogen and oxygen atoms in total. The molecule has 0 fully saturated rings. The van der Waals surface area contributed by atoms with Gasteiger partial charge in [-0.2, -0.15) is 0 Å². The minimum absolute atomic E-state index is 0.0125. The smallest absolute Gasteiger partial charge is 0.280 e. The number of benzene rings is 2. The molecule has 0 unspecified atom stereocenters. The van der Waals surface area contributed by atoms with Gasteiger partial charge in [0.1, 0.15) is 5.56 Å².